The molecule has 18 heavy (non-hydrogen) atoms. The van der Waals surface area contributed by atoms with E-state index in [0.29, 0.717) is 16.9 Å². The Labute approximate surface area is 103 Å². The lowest BCUT2D eigenvalue weighted by molar-refractivity contribution is -0.672. The Morgan fingerprint density at radius 3 is 2.67 bits per heavy atom. The predicted octanol–water partition coefficient (Wildman–Crippen LogP) is -0.928. The van der Waals surface area contributed by atoms with Crippen LogP contribution >= 0.6 is 0 Å². The maximum Gasteiger partial charge on any atom is 0.346 e. The van der Waals surface area contributed by atoms with E-state index in [0.717, 1.165) is 0 Å². The van der Waals surface area contributed by atoms with Crippen LogP contribution < -0.4 is 9.67 Å². The summed E-state index contributed by atoms with van der Waals surface area (Å²) in [5.41, 5.74) is 1.37. The number of para-hydroxylation sites is 2. The molecule has 0 radical (unpaired) electrons. The van der Waals surface area contributed by atoms with E-state index in [9.17, 15) is 14.7 Å². The standard InChI is InChI=1S/C12H12N2O4/c1-8-13(6-11(15)16)9-4-2-3-5-10(9)14(8)7-12(17)18/h2-5H,6-7H2,1H3,(H-,15,16,17,18). The number of carbonyl (C=O) groups excluding carboxylic acids is 1. The second kappa shape index (κ2) is 4.48. The van der Waals surface area contributed by atoms with Crippen molar-refractivity contribution in [2.24, 2.45) is 0 Å². The maximum atomic E-state index is 10.8. The lowest BCUT2D eigenvalue weighted by atomic mass is 10.3. The van der Waals surface area contributed by atoms with Crippen molar-refractivity contribution in [1.29, 1.82) is 0 Å². The Hall–Kier alpha value is -2.37. The summed E-state index contributed by atoms with van der Waals surface area (Å²) in [7, 11) is 0. The smallest absolute Gasteiger partial charge is 0.346 e. The van der Waals surface area contributed by atoms with Crippen molar-refractivity contribution >= 4 is 23.0 Å². The summed E-state index contributed by atoms with van der Waals surface area (Å²) in [6, 6.07) is 7.07. The highest BCUT2D eigenvalue weighted by Gasteiger charge is 2.22. The number of imidazole rings is 1. The average molecular weight is 248 g/mol. The normalized spacial score (nSPS) is 10.7. The topological polar surface area (TPSA) is 86.2 Å². The van der Waals surface area contributed by atoms with Gasteiger partial charge in [0.05, 0.1) is 5.97 Å². The average Bonchev–Trinajstić information content (AvgIpc) is 2.54. The molecule has 0 unspecified atom stereocenters. The molecule has 0 aliphatic carbocycles. The molecule has 94 valence electrons. The van der Waals surface area contributed by atoms with Crippen LogP contribution in [0.5, 0.6) is 0 Å². The molecule has 1 heterocycles. The Balaban J connectivity index is 2.66. The molecule has 0 saturated heterocycles. The molecule has 0 atom stereocenters. The lowest BCUT2D eigenvalue weighted by Crippen LogP contribution is -2.45. The van der Waals surface area contributed by atoms with Crippen LogP contribution in [0.2, 0.25) is 0 Å². The molecule has 6 heteroatoms. The number of benzene rings is 1. The fourth-order valence-electron chi connectivity index (χ4n) is 2.08. The second-order valence-electron chi connectivity index (χ2n) is 3.97. The van der Waals surface area contributed by atoms with Crippen LogP contribution in [-0.2, 0) is 22.7 Å². The highest BCUT2D eigenvalue weighted by Crippen LogP contribution is 2.13. The summed E-state index contributed by atoms with van der Waals surface area (Å²) in [6.45, 7) is 1.19. The minimum Gasteiger partial charge on any atom is -0.546 e. The van der Waals surface area contributed by atoms with Gasteiger partial charge in [0.1, 0.15) is 6.54 Å². The molecule has 0 bridgehead atoms. The van der Waals surface area contributed by atoms with Crippen molar-refractivity contribution in [3.8, 4) is 0 Å². The first kappa shape index (κ1) is 12.1. The highest BCUT2D eigenvalue weighted by molar-refractivity contribution is 5.76. The van der Waals surface area contributed by atoms with Crippen molar-refractivity contribution < 1.29 is 24.4 Å². The number of aliphatic carboxylic acids is 2. The quantitative estimate of drug-likeness (QED) is 0.708. The SMILES string of the molecule is Cc1n(CC(=O)O)c2ccccc2[n+]1CC(=O)[O-]. The van der Waals surface area contributed by atoms with Gasteiger partial charge in [0.15, 0.2) is 17.6 Å². The van der Waals surface area contributed by atoms with Crippen LogP contribution in [0, 0.1) is 6.92 Å². The fourth-order valence-corrected chi connectivity index (χ4v) is 2.08. The molecule has 1 aromatic heterocycles. The number of fused-ring (bicyclic) bond motifs is 1. The molecular formula is C12H12N2O4. The van der Waals surface area contributed by atoms with Gasteiger partial charge >= 0.3 is 5.97 Å². The van der Waals surface area contributed by atoms with Crippen molar-refractivity contribution in [2.75, 3.05) is 0 Å². The summed E-state index contributed by atoms with van der Waals surface area (Å²) >= 11 is 0. The first-order chi connectivity index (χ1) is 8.50. The first-order valence-electron chi connectivity index (χ1n) is 5.40. The Kier molecular flexibility index (Phi) is 3.01. The van der Waals surface area contributed by atoms with Crippen LogP contribution in [0.25, 0.3) is 11.0 Å². The van der Waals surface area contributed by atoms with E-state index >= 15 is 0 Å². The van der Waals surface area contributed by atoms with Gasteiger partial charge in [0.2, 0.25) is 0 Å². The molecule has 2 rings (SSSR count). The van der Waals surface area contributed by atoms with Crippen molar-refractivity contribution in [1.82, 2.24) is 4.57 Å². The summed E-state index contributed by atoms with van der Waals surface area (Å²) in [5, 5.41) is 19.6. The van der Waals surface area contributed by atoms with E-state index in [1.54, 1.807) is 35.8 Å². The third-order valence-electron chi connectivity index (χ3n) is 2.83. The Morgan fingerprint density at radius 1 is 1.39 bits per heavy atom. The van der Waals surface area contributed by atoms with Crippen LogP contribution in [0.1, 0.15) is 5.82 Å². The monoisotopic (exact) mass is 248 g/mol. The fraction of sp³-hybridized carbons (Fsp3) is 0.250. The number of hydrogen-bond donors (Lipinski definition) is 1. The van der Waals surface area contributed by atoms with Crippen molar-refractivity contribution in [2.45, 2.75) is 20.0 Å². The van der Waals surface area contributed by atoms with Crippen LogP contribution in [0.3, 0.4) is 0 Å². The summed E-state index contributed by atoms with van der Waals surface area (Å²) < 4.78 is 3.11. The molecule has 0 aliphatic rings. The zero-order valence-corrected chi connectivity index (χ0v) is 9.79. The van der Waals surface area contributed by atoms with Gasteiger partial charge in [-0.1, -0.05) is 12.1 Å². The third-order valence-corrected chi connectivity index (χ3v) is 2.83. The zero-order valence-electron chi connectivity index (χ0n) is 9.79. The van der Waals surface area contributed by atoms with Gasteiger partial charge in [-0.15, -0.1) is 0 Å². The molecule has 0 saturated carbocycles. The molecule has 2 aromatic rings. The highest BCUT2D eigenvalue weighted by atomic mass is 16.4. The molecule has 0 amide bonds. The number of carboxylic acids is 2. The van der Waals surface area contributed by atoms with E-state index in [1.165, 1.54) is 4.57 Å². The second-order valence-corrected chi connectivity index (χ2v) is 3.97. The van der Waals surface area contributed by atoms with Crippen LogP contribution in [0.15, 0.2) is 24.3 Å². The Morgan fingerprint density at radius 2 is 2.06 bits per heavy atom. The molecule has 6 nitrogen and oxygen atoms in total. The van der Waals surface area contributed by atoms with E-state index in [2.05, 4.69) is 0 Å². The zero-order chi connectivity index (χ0) is 13.3. The third kappa shape index (κ3) is 2.04. The van der Waals surface area contributed by atoms with E-state index in [4.69, 9.17) is 5.11 Å². The number of rotatable bonds is 4. The van der Waals surface area contributed by atoms with Gasteiger partial charge in [0.25, 0.3) is 5.82 Å². The summed E-state index contributed by atoms with van der Waals surface area (Å²) in [5.74, 6) is -1.61. The molecular weight excluding hydrogens is 236 g/mol. The predicted molar refractivity (Wildman–Crippen MR) is 59.5 cm³/mol. The maximum absolute atomic E-state index is 10.8. The van der Waals surface area contributed by atoms with Crippen LogP contribution in [0.4, 0.5) is 0 Å². The summed E-state index contributed by atoms with van der Waals surface area (Å²) in [6.07, 6.45) is 0. The molecule has 1 aromatic carbocycles. The molecule has 0 spiro atoms. The number of hydrogen-bond acceptors (Lipinski definition) is 3. The van der Waals surface area contributed by atoms with Gasteiger partial charge in [0, 0.05) is 6.92 Å². The van der Waals surface area contributed by atoms with E-state index < -0.39 is 11.9 Å². The first-order valence-corrected chi connectivity index (χ1v) is 5.40. The summed E-state index contributed by atoms with van der Waals surface area (Å²) in [4.78, 5) is 21.6. The number of carboxylic acid groups (broad SMARTS) is 2. The van der Waals surface area contributed by atoms with Crippen LogP contribution in [-0.4, -0.2) is 21.6 Å². The molecule has 0 aliphatic heterocycles. The van der Waals surface area contributed by atoms with Crippen molar-refractivity contribution in [3.63, 3.8) is 0 Å². The van der Waals surface area contributed by atoms with Gasteiger partial charge < -0.3 is 15.0 Å². The van der Waals surface area contributed by atoms with Gasteiger partial charge in [-0.05, 0) is 12.1 Å². The molecule has 1 N–H and O–H groups in total. The van der Waals surface area contributed by atoms with Gasteiger partial charge in [-0.2, -0.15) is 0 Å². The largest absolute Gasteiger partial charge is 0.546 e. The molecule has 0 fully saturated rings. The van der Waals surface area contributed by atoms with Gasteiger partial charge in [-0.25, -0.2) is 13.9 Å². The van der Waals surface area contributed by atoms with Gasteiger partial charge in [-0.3, -0.25) is 0 Å². The van der Waals surface area contributed by atoms with Crippen molar-refractivity contribution in [3.05, 3.63) is 30.1 Å². The Bertz CT molecular complexity index is 577. The van der Waals surface area contributed by atoms with E-state index in [-0.39, 0.29) is 13.1 Å². The number of nitrogens with zero attached hydrogens (tertiary/aromatic N) is 2. The number of carbonyl (C=O) groups is 2. The minimum absolute atomic E-state index is 0.202. The number of aromatic nitrogens is 2. The van der Waals surface area contributed by atoms with E-state index in [1.807, 2.05) is 0 Å². The minimum atomic E-state index is -1.21. The lowest BCUT2D eigenvalue weighted by Gasteiger charge is -2.01.